The van der Waals surface area contributed by atoms with Gasteiger partial charge in [0.15, 0.2) is 11.5 Å². The van der Waals surface area contributed by atoms with Gasteiger partial charge in [-0.3, -0.25) is 4.79 Å². The van der Waals surface area contributed by atoms with Gasteiger partial charge in [-0.15, -0.1) is 0 Å². The number of ether oxygens (including phenoxy) is 2. The Hall–Kier alpha value is -1.23. The molecule has 1 amide bonds. The summed E-state index contributed by atoms with van der Waals surface area (Å²) in [5.41, 5.74) is 0.715. The summed E-state index contributed by atoms with van der Waals surface area (Å²) < 4.78 is 10.4. The zero-order chi connectivity index (χ0) is 11.5. The number of anilines is 1. The Morgan fingerprint density at radius 1 is 1.50 bits per heavy atom. The maximum Gasteiger partial charge on any atom is 0.238 e. The molecule has 0 fully saturated rings. The molecule has 5 heteroatoms. The molecule has 0 aliphatic carbocycles. The Kier molecular flexibility index (Phi) is 3.33. The number of hydrogen-bond donors (Lipinski definition) is 1. The maximum absolute atomic E-state index is 11.6. The van der Waals surface area contributed by atoms with E-state index in [2.05, 4.69) is 21.2 Å². The second-order valence-electron chi connectivity index (χ2n) is 3.43. The fourth-order valence-electron chi connectivity index (χ4n) is 1.38. The van der Waals surface area contributed by atoms with Crippen molar-refractivity contribution in [2.24, 2.45) is 0 Å². The highest BCUT2D eigenvalue weighted by atomic mass is 79.9. The molecule has 1 atom stereocenters. The highest BCUT2D eigenvalue weighted by molar-refractivity contribution is 9.10. The second-order valence-corrected chi connectivity index (χ2v) is 4.54. The normalized spacial score (nSPS) is 14.6. The first-order chi connectivity index (χ1) is 7.70. The van der Waals surface area contributed by atoms with Gasteiger partial charge in [0.25, 0.3) is 0 Å². The third-order valence-electron chi connectivity index (χ3n) is 2.28. The number of alkyl halides is 1. The van der Waals surface area contributed by atoms with Crippen LogP contribution in [0.15, 0.2) is 18.2 Å². The lowest BCUT2D eigenvalue weighted by atomic mass is 10.2. The molecule has 1 aliphatic rings. The van der Waals surface area contributed by atoms with Gasteiger partial charge in [-0.1, -0.05) is 22.9 Å². The second kappa shape index (κ2) is 4.74. The number of amides is 1. The van der Waals surface area contributed by atoms with Crippen LogP contribution < -0.4 is 14.8 Å². The van der Waals surface area contributed by atoms with Crippen LogP contribution in [-0.4, -0.2) is 17.5 Å². The van der Waals surface area contributed by atoms with Crippen molar-refractivity contribution in [1.82, 2.24) is 0 Å². The van der Waals surface area contributed by atoms with Crippen molar-refractivity contribution in [2.75, 3.05) is 12.1 Å². The van der Waals surface area contributed by atoms with Gasteiger partial charge in [-0.25, -0.2) is 0 Å². The summed E-state index contributed by atoms with van der Waals surface area (Å²) in [5.74, 6) is 1.32. The number of benzene rings is 1. The molecule has 1 heterocycles. The van der Waals surface area contributed by atoms with Crippen molar-refractivity contribution < 1.29 is 14.3 Å². The molecule has 16 heavy (non-hydrogen) atoms. The number of hydrogen-bond acceptors (Lipinski definition) is 3. The van der Waals surface area contributed by atoms with Gasteiger partial charge in [0.2, 0.25) is 12.7 Å². The summed E-state index contributed by atoms with van der Waals surface area (Å²) in [4.78, 5) is 11.4. The van der Waals surface area contributed by atoms with Crippen LogP contribution in [0.2, 0.25) is 0 Å². The zero-order valence-corrected chi connectivity index (χ0v) is 10.4. The molecule has 0 unspecified atom stereocenters. The predicted molar refractivity (Wildman–Crippen MR) is 64.2 cm³/mol. The van der Waals surface area contributed by atoms with Crippen molar-refractivity contribution in [3.8, 4) is 11.5 Å². The molecule has 1 aromatic rings. The van der Waals surface area contributed by atoms with Crippen LogP contribution in [0.5, 0.6) is 11.5 Å². The van der Waals surface area contributed by atoms with Gasteiger partial charge in [0, 0.05) is 11.8 Å². The van der Waals surface area contributed by atoms with Gasteiger partial charge >= 0.3 is 0 Å². The number of carbonyl (C=O) groups excluding carboxylic acids is 1. The highest BCUT2D eigenvalue weighted by Gasteiger charge is 2.16. The number of fused-ring (bicyclic) bond motifs is 1. The van der Waals surface area contributed by atoms with Crippen LogP contribution >= 0.6 is 15.9 Å². The molecule has 0 bridgehead atoms. The predicted octanol–water partition coefficient (Wildman–Crippen LogP) is 2.53. The molecule has 0 radical (unpaired) electrons. The molecule has 1 aromatic carbocycles. The first kappa shape index (κ1) is 11.3. The van der Waals surface area contributed by atoms with E-state index in [0.29, 0.717) is 17.2 Å². The first-order valence-corrected chi connectivity index (χ1v) is 5.97. The van der Waals surface area contributed by atoms with E-state index in [4.69, 9.17) is 9.47 Å². The van der Waals surface area contributed by atoms with Crippen molar-refractivity contribution in [2.45, 2.75) is 18.2 Å². The number of carbonyl (C=O) groups is 1. The molecular weight excluding hydrogens is 274 g/mol. The van der Waals surface area contributed by atoms with Crippen molar-refractivity contribution >= 4 is 27.5 Å². The SMILES string of the molecule is CC[C@@H](Br)C(=O)Nc1ccc2c(c1)OCO2. The third-order valence-corrected chi connectivity index (χ3v) is 3.35. The van der Waals surface area contributed by atoms with E-state index < -0.39 is 0 Å². The fraction of sp³-hybridized carbons (Fsp3) is 0.364. The lowest BCUT2D eigenvalue weighted by Crippen LogP contribution is -2.21. The molecule has 2 rings (SSSR count). The summed E-state index contributed by atoms with van der Waals surface area (Å²) >= 11 is 3.29. The Morgan fingerprint density at radius 2 is 2.25 bits per heavy atom. The van der Waals surface area contributed by atoms with Gasteiger partial charge in [0.1, 0.15) is 0 Å². The minimum absolute atomic E-state index is 0.0543. The molecule has 0 saturated heterocycles. The molecule has 0 saturated carbocycles. The van der Waals surface area contributed by atoms with E-state index in [-0.39, 0.29) is 17.5 Å². The van der Waals surface area contributed by atoms with Crippen molar-refractivity contribution in [3.05, 3.63) is 18.2 Å². The maximum atomic E-state index is 11.6. The lowest BCUT2D eigenvalue weighted by molar-refractivity contribution is -0.115. The topological polar surface area (TPSA) is 47.6 Å². The number of nitrogens with one attached hydrogen (secondary N) is 1. The Balaban J connectivity index is 2.08. The molecule has 0 aromatic heterocycles. The molecule has 1 aliphatic heterocycles. The molecule has 86 valence electrons. The average molecular weight is 286 g/mol. The van der Waals surface area contributed by atoms with E-state index in [9.17, 15) is 4.79 Å². The van der Waals surface area contributed by atoms with E-state index >= 15 is 0 Å². The first-order valence-electron chi connectivity index (χ1n) is 5.05. The lowest BCUT2D eigenvalue weighted by Gasteiger charge is -2.09. The summed E-state index contributed by atoms with van der Waals surface area (Å²) in [5, 5.41) is 2.80. The van der Waals surface area contributed by atoms with Crippen LogP contribution in [0.25, 0.3) is 0 Å². The third kappa shape index (κ3) is 2.29. The molecule has 0 spiro atoms. The number of halogens is 1. The van der Waals surface area contributed by atoms with Gasteiger partial charge in [0.05, 0.1) is 4.83 Å². The van der Waals surface area contributed by atoms with Crippen molar-refractivity contribution in [1.29, 1.82) is 0 Å². The minimum Gasteiger partial charge on any atom is -0.454 e. The quantitative estimate of drug-likeness (QED) is 0.869. The van der Waals surface area contributed by atoms with E-state index in [1.807, 2.05) is 6.92 Å². The largest absolute Gasteiger partial charge is 0.454 e. The van der Waals surface area contributed by atoms with Gasteiger partial charge < -0.3 is 14.8 Å². The Bertz CT molecular complexity index is 408. The van der Waals surface area contributed by atoms with Gasteiger partial charge in [-0.05, 0) is 18.6 Å². The van der Waals surface area contributed by atoms with E-state index in [0.717, 1.165) is 6.42 Å². The standard InChI is InChI=1S/C11H12BrNO3/c1-2-8(12)11(14)13-7-3-4-9-10(5-7)16-6-15-9/h3-5,8H,2,6H2,1H3,(H,13,14)/t8-/m1/s1. The summed E-state index contributed by atoms with van der Waals surface area (Å²) in [6.45, 7) is 2.18. The molecule has 4 nitrogen and oxygen atoms in total. The highest BCUT2D eigenvalue weighted by Crippen LogP contribution is 2.34. The van der Waals surface area contributed by atoms with Crippen LogP contribution in [0, 0.1) is 0 Å². The zero-order valence-electron chi connectivity index (χ0n) is 8.83. The van der Waals surface area contributed by atoms with Crippen molar-refractivity contribution in [3.63, 3.8) is 0 Å². The van der Waals surface area contributed by atoms with E-state index in [1.54, 1.807) is 18.2 Å². The van der Waals surface area contributed by atoms with Crippen LogP contribution in [-0.2, 0) is 4.79 Å². The monoisotopic (exact) mass is 285 g/mol. The molecule has 1 N–H and O–H groups in total. The smallest absolute Gasteiger partial charge is 0.238 e. The fourth-order valence-corrected chi connectivity index (χ4v) is 1.49. The van der Waals surface area contributed by atoms with Crippen LogP contribution in [0.3, 0.4) is 0 Å². The summed E-state index contributed by atoms with van der Waals surface area (Å²) in [6, 6.07) is 5.34. The van der Waals surface area contributed by atoms with Crippen LogP contribution in [0.4, 0.5) is 5.69 Å². The van der Waals surface area contributed by atoms with Crippen LogP contribution in [0.1, 0.15) is 13.3 Å². The Labute approximate surface area is 102 Å². The summed E-state index contributed by atoms with van der Waals surface area (Å²) in [7, 11) is 0. The Morgan fingerprint density at radius 3 is 3.00 bits per heavy atom. The minimum atomic E-state index is -0.169. The van der Waals surface area contributed by atoms with E-state index in [1.165, 1.54) is 0 Å². The van der Waals surface area contributed by atoms with Gasteiger partial charge in [-0.2, -0.15) is 0 Å². The molecular formula is C11H12BrNO3. The summed E-state index contributed by atoms with van der Waals surface area (Å²) in [6.07, 6.45) is 0.746. The average Bonchev–Trinajstić information content (AvgIpc) is 2.75. The number of rotatable bonds is 3.